The van der Waals surface area contributed by atoms with Crippen molar-refractivity contribution in [2.24, 2.45) is 0 Å². The molecule has 0 aliphatic heterocycles. The van der Waals surface area contributed by atoms with E-state index in [9.17, 15) is 5.11 Å². The Labute approximate surface area is 120 Å². The van der Waals surface area contributed by atoms with Crippen molar-refractivity contribution in [1.29, 1.82) is 0 Å². The van der Waals surface area contributed by atoms with Gasteiger partial charge in [-0.3, -0.25) is 0 Å². The molecule has 1 atom stereocenters. The molecule has 1 aromatic carbocycles. The highest BCUT2D eigenvalue weighted by Crippen LogP contribution is 2.17. The molecule has 96 valence electrons. The fourth-order valence-electron chi connectivity index (χ4n) is 1.72. The molecule has 0 aliphatic carbocycles. The van der Waals surface area contributed by atoms with E-state index in [2.05, 4.69) is 40.3 Å². The smallest absolute Gasteiger partial charge is 0.0914 e. The second-order valence-corrected chi connectivity index (χ2v) is 6.50. The lowest BCUT2D eigenvalue weighted by atomic mass is 10.1. The summed E-state index contributed by atoms with van der Waals surface area (Å²) in [6.07, 6.45) is -0.459. The van der Waals surface area contributed by atoms with Crippen molar-refractivity contribution in [3.05, 3.63) is 56.2 Å². The van der Waals surface area contributed by atoms with Crippen molar-refractivity contribution in [2.75, 3.05) is 6.54 Å². The van der Waals surface area contributed by atoms with Crippen LogP contribution in [0.4, 0.5) is 0 Å². The standard InChI is InChI=1S/C14H16BrNOS/c1-10-2-7-13(18-10)8-16-9-14(17)11-3-5-12(15)6-4-11/h2-7,14,16-17H,8-9H2,1H3/t14-/m0/s1. The number of hydrogen-bond acceptors (Lipinski definition) is 3. The monoisotopic (exact) mass is 325 g/mol. The molecule has 2 N–H and O–H groups in total. The lowest BCUT2D eigenvalue weighted by Crippen LogP contribution is -2.20. The molecule has 18 heavy (non-hydrogen) atoms. The molecule has 1 aromatic heterocycles. The van der Waals surface area contributed by atoms with Crippen LogP contribution >= 0.6 is 27.3 Å². The Morgan fingerprint density at radius 1 is 1.22 bits per heavy atom. The topological polar surface area (TPSA) is 32.3 Å². The number of hydrogen-bond donors (Lipinski definition) is 2. The Hall–Kier alpha value is -0.680. The normalized spacial score (nSPS) is 12.6. The number of aliphatic hydroxyl groups is 1. The van der Waals surface area contributed by atoms with Gasteiger partial charge in [0.2, 0.25) is 0 Å². The summed E-state index contributed by atoms with van der Waals surface area (Å²) < 4.78 is 1.03. The summed E-state index contributed by atoms with van der Waals surface area (Å²) in [4.78, 5) is 2.62. The molecule has 0 amide bonds. The molecule has 0 saturated heterocycles. The Morgan fingerprint density at radius 3 is 2.56 bits per heavy atom. The van der Waals surface area contributed by atoms with Crippen LogP contribution in [0.3, 0.4) is 0 Å². The van der Waals surface area contributed by atoms with E-state index in [1.807, 2.05) is 24.3 Å². The molecular formula is C14H16BrNOS. The number of halogens is 1. The van der Waals surface area contributed by atoms with Gasteiger partial charge in [0.15, 0.2) is 0 Å². The molecule has 2 rings (SSSR count). The van der Waals surface area contributed by atoms with Crippen LogP contribution in [-0.2, 0) is 6.54 Å². The van der Waals surface area contributed by atoms with E-state index in [1.54, 1.807) is 11.3 Å². The Morgan fingerprint density at radius 2 is 1.94 bits per heavy atom. The van der Waals surface area contributed by atoms with Crippen LogP contribution in [0.15, 0.2) is 40.9 Å². The van der Waals surface area contributed by atoms with Gasteiger partial charge in [0.25, 0.3) is 0 Å². The van der Waals surface area contributed by atoms with E-state index >= 15 is 0 Å². The quantitative estimate of drug-likeness (QED) is 0.879. The minimum Gasteiger partial charge on any atom is -0.387 e. The third-order valence-electron chi connectivity index (χ3n) is 2.69. The molecule has 0 saturated carbocycles. The summed E-state index contributed by atoms with van der Waals surface area (Å²) in [7, 11) is 0. The molecule has 0 unspecified atom stereocenters. The first-order valence-electron chi connectivity index (χ1n) is 5.85. The summed E-state index contributed by atoms with van der Waals surface area (Å²) in [5, 5.41) is 13.3. The lowest BCUT2D eigenvalue weighted by molar-refractivity contribution is 0.174. The molecule has 0 fully saturated rings. The molecule has 0 radical (unpaired) electrons. The summed E-state index contributed by atoms with van der Waals surface area (Å²) in [5.41, 5.74) is 0.938. The predicted octanol–water partition coefficient (Wildman–Crippen LogP) is 3.64. The minimum atomic E-state index is -0.459. The molecule has 4 heteroatoms. The summed E-state index contributed by atoms with van der Waals surface area (Å²) in [5.74, 6) is 0. The minimum absolute atomic E-state index is 0.459. The molecule has 0 spiro atoms. The fourth-order valence-corrected chi connectivity index (χ4v) is 2.84. The maximum absolute atomic E-state index is 10.0. The van der Waals surface area contributed by atoms with Crippen molar-refractivity contribution in [3.8, 4) is 0 Å². The number of nitrogens with one attached hydrogen (secondary N) is 1. The number of thiophene rings is 1. The van der Waals surface area contributed by atoms with Gasteiger partial charge < -0.3 is 10.4 Å². The van der Waals surface area contributed by atoms with Crippen molar-refractivity contribution < 1.29 is 5.11 Å². The average molecular weight is 326 g/mol. The Balaban J connectivity index is 1.81. The number of aliphatic hydroxyl groups excluding tert-OH is 1. The van der Waals surface area contributed by atoms with Crippen molar-refractivity contribution >= 4 is 27.3 Å². The van der Waals surface area contributed by atoms with Crippen LogP contribution in [0.2, 0.25) is 0 Å². The highest BCUT2D eigenvalue weighted by atomic mass is 79.9. The van der Waals surface area contributed by atoms with Gasteiger partial charge in [0, 0.05) is 27.3 Å². The maximum atomic E-state index is 10.0. The van der Waals surface area contributed by atoms with E-state index in [0.29, 0.717) is 6.54 Å². The van der Waals surface area contributed by atoms with E-state index in [0.717, 1.165) is 16.6 Å². The van der Waals surface area contributed by atoms with E-state index in [-0.39, 0.29) is 0 Å². The zero-order valence-corrected chi connectivity index (χ0v) is 12.6. The second-order valence-electron chi connectivity index (χ2n) is 4.21. The van der Waals surface area contributed by atoms with Gasteiger partial charge in [0.05, 0.1) is 6.10 Å². The first-order chi connectivity index (χ1) is 8.65. The van der Waals surface area contributed by atoms with Crippen molar-refractivity contribution in [3.63, 3.8) is 0 Å². The first kappa shape index (κ1) is 13.7. The fraction of sp³-hybridized carbons (Fsp3) is 0.286. The molecule has 1 heterocycles. The third kappa shape index (κ3) is 3.92. The van der Waals surface area contributed by atoms with E-state index in [1.165, 1.54) is 9.75 Å². The Kier molecular flexibility index (Phi) is 4.95. The lowest BCUT2D eigenvalue weighted by Gasteiger charge is -2.11. The number of benzene rings is 1. The maximum Gasteiger partial charge on any atom is 0.0914 e. The van der Waals surface area contributed by atoms with Gasteiger partial charge >= 0.3 is 0 Å². The zero-order valence-electron chi connectivity index (χ0n) is 10.2. The largest absolute Gasteiger partial charge is 0.387 e. The highest BCUT2D eigenvalue weighted by molar-refractivity contribution is 9.10. The zero-order chi connectivity index (χ0) is 13.0. The molecule has 2 aromatic rings. The molecule has 2 nitrogen and oxygen atoms in total. The third-order valence-corrected chi connectivity index (χ3v) is 4.22. The number of rotatable bonds is 5. The van der Waals surface area contributed by atoms with Gasteiger partial charge in [-0.25, -0.2) is 0 Å². The van der Waals surface area contributed by atoms with Crippen LogP contribution in [0, 0.1) is 6.92 Å². The SMILES string of the molecule is Cc1ccc(CNC[C@H](O)c2ccc(Br)cc2)s1. The molecule has 0 aliphatic rings. The predicted molar refractivity (Wildman–Crippen MR) is 79.9 cm³/mol. The van der Waals surface area contributed by atoms with Crippen molar-refractivity contribution in [2.45, 2.75) is 19.6 Å². The Bertz CT molecular complexity index is 495. The first-order valence-corrected chi connectivity index (χ1v) is 7.45. The van der Waals surface area contributed by atoms with Crippen LogP contribution in [-0.4, -0.2) is 11.7 Å². The molecule has 0 bridgehead atoms. The summed E-state index contributed by atoms with van der Waals surface area (Å²) >= 11 is 5.17. The summed E-state index contributed by atoms with van der Waals surface area (Å²) in [6, 6.07) is 12.0. The van der Waals surface area contributed by atoms with Gasteiger partial charge in [-0.2, -0.15) is 0 Å². The van der Waals surface area contributed by atoms with Gasteiger partial charge in [-0.15, -0.1) is 11.3 Å². The van der Waals surface area contributed by atoms with Gasteiger partial charge in [0.1, 0.15) is 0 Å². The van der Waals surface area contributed by atoms with E-state index in [4.69, 9.17) is 0 Å². The number of aryl methyl sites for hydroxylation is 1. The van der Waals surface area contributed by atoms with Gasteiger partial charge in [-0.1, -0.05) is 28.1 Å². The van der Waals surface area contributed by atoms with Crippen LogP contribution < -0.4 is 5.32 Å². The van der Waals surface area contributed by atoms with Crippen LogP contribution in [0.25, 0.3) is 0 Å². The van der Waals surface area contributed by atoms with Crippen LogP contribution in [0.1, 0.15) is 21.4 Å². The second kappa shape index (κ2) is 6.48. The van der Waals surface area contributed by atoms with Crippen molar-refractivity contribution in [1.82, 2.24) is 5.32 Å². The van der Waals surface area contributed by atoms with Crippen LogP contribution in [0.5, 0.6) is 0 Å². The van der Waals surface area contributed by atoms with Gasteiger partial charge in [-0.05, 0) is 36.8 Å². The molecular weight excluding hydrogens is 310 g/mol. The summed E-state index contributed by atoms with van der Waals surface area (Å²) in [6.45, 7) is 3.48. The van der Waals surface area contributed by atoms with E-state index < -0.39 is 6.10 Å². The highest BCUT2D eigenvalue weighted by Gasteiger charge is 2.06. The average Bonchev–Trinajstić information content (AvgIpc) is 2.76.